The van der Waals surface area contributed by atoms with Gasteiger partial charge in [0.2, 0.25) is 5.28 Å². The van der Waals surface area contributed by atoms with Crippen LogP contribution in [0.15, 0.2) is 12.5 Å². The number of anilines is 2. The summed E-state index contributed by atoms with van der Waals surface area (Å²) in [6, 6.07) is 0. The number of aliphatic hydroxyl groups is 1. The Bertz CT molecular complexity index is 1120. The topological polar surface area (TPSA) is 158 Å². The first-order valence-electron chi connectivity index (χ1n) is 12.9. The molecule has 0 radical (unpaired) electrons. The molecule has 2 N–H and O–H groups in total. The number of aliphatic hydroxyl groups excluding tert-OH is 1. The van der Waals surface area contributed by atoms with Crippen molar-refractivity contribution < 1.29 is 38.3 Å². The third-order valence-electron chi connectivity index (χ3n) is 5.27. The summed E-state index contributed by atoms with van der Waals surface area (Å²) in [5, 5.41) is 16.3. The van der Waals surface area contributed by atoms with E-state index in [0.717, 1.165) is 0 Å². The maximum atomic E-state index is 8.59. The Morgan fingerprint density at radius 3 is 1.93 bits per heavy atom. The molecule has 3 aromatic rings. The molecule has 0 amide bonds. The molecule has 16 heteroatoms. The average Bonchev–Trinajstić information content (AvgIpc) is 3.52. The van der Waals surface area contributed by atoms with Gasteiger partial charge in [0.25, 0.3) is 5.88 Å². The van der Waals surface area contributed by atoms with Crippen LogP contribution >= 0.6 is 11.6 Å². The predicted molar refractivity (Wildman–Crippen MR) is 145 cm³/mol. The van der Waals surface area contributed by atoms with Crippen molar-refractivity contribution >= 4 is 34.3 Å². The summed E-state index contributed by atoms with van der Waals surface area (Å²) < 4.78 is 41.3. The first kappa shape index (κ1) is 31.9. The molecule has 0 aliphatic carbocycles. The number of nitrogens with zero attached hydrogens (tertiary/aromatic N) is 6. The molecule has 0 aliphatic heterocycles. The molecule has 0 fully saturated rings. The number of hydrogen-bond acceptors (Lipinski definition) is 13. The summed E-state index contributed by atoms with van der Waals surface area (Å²) >= 11 is 6.08. The smallest absolute Gasteiger partial charge is 0.256 e. The maximum Gasteiger partial charge on any atom is 0.256 e. The van der Waals surface area contributed by atoms with E-state index in [4.69, 9.17) is 49.9 Å². The lowest BCUT2D eigenvalue weighted by Gasteiger charge is -2.08. The zero-order valence-electron chi connectivity index (χ0n) is 22.9. The zero-order chi connectivity index (χ0) is 28.4. The molecule has 3 heterocycles. The number of ether oxygens (including phenoxy) is 7. The molecular formula is C24H38ClN7O8. The Morgan fingerprint density at radius 2 is 1.38 bits per heavy atom. The number of fused-ring (bicyclic) bond motifs is 1. The standard InChI is InChI=1S/C24H38ClN7O8/c1-31-18-26-20-21(28-24(25)29-22(20)31)27-19-17-32(30-23(19)34-2)3-5-35-7-9-37-11-13-39-15-16-40-14-12-38-10-8-36-6-4-33/h17-18,33H,3-16H2,1-2H3,(H,27,28,29). The number of methoxy groups -OCH3 is 1. The minimum absolute atomic E-state index is 0.0193. The first-order chi connectivity index (χ1) is 19.6. The molecule has 40 heavy (non-hydrogen) atoms. The zero-order valence-corrected chi connectivity index (χ0v) is 23.7. The van der Waals surface area contributed by atoms with Gasteiger partial charge in [-0.25, -0.2) is 4.98 Å². The second-order valence-corrected chi connectivity index (χ2v) is 8.54. The van der Waals surface area contributed by atoms with E-state index in [9.17, 15) is 0 Å². The Kier molecular flexibility index (Phi) is 14.9. The van der Waals surface area contributed by atoms with E-state index < -0.39 is 0 Å². The normalized spacial score (nSPS) is 11.5. The fraction of sp³-hybridized carbons (Fsp3) is 0.667. The number of rotatable bonds is 23. The highest BCUT2D eigenvalue weighted by atomic mass is 35.5. The van der Waals surface area contributed by atoms with Gasteiger partial charge in [0.1, 0.15) is 5.69 Å². The summed E-state index contributed by atoms with van der Waals surface area (Å²) in [4.78, 5) is 12.8. The Labute approximate surface area is 237 Å². The quantitative estimate of drug-likeness (QED) is 0.120. The molecular weight excluding hydrogens is 550 g/mol. The highest BCUT2D eigenvalue weighted by Crippen LogP contribution is 2.29. The lowest BCUT2D eigenvalue weighted by atomic mass is 10.4. The number of halogens is 1. The van der Waals surface area contributed by atoms with Crippen LogP contribution in [-0.2, 0) is 42.0 Å². The van der Waals surface area contributed by atoms with Crippen molar-refractivity contribution in [3.8, 4) is 5.88 Å². The van der Waals surface area contributed by atoms with Crippen molar-refractivity contribution in [2.24, 2.45) is 7.05 Å². The van der Waals surface area contributed by atoms with Crippen LogP contribution in [0.25, 0.3) is 11.2 Å². The summed E-state index contributed by atoms with van der Waals surface area (Å²) in [6.07, 6.45) is 3.44. The third kappa shape index (κ3) is 11.1. The van der Waals surface area contributed by atoms with Crippen LogP contribution in [0.4, 0.5) is 11.5 Å². The van der Waals surface area contributed by atoms with Gasteiger partial charge in [-0.3, -0.25) is 4.68 Å². The van der Waals surface area contributed by atoms with E-state index in [1.165, 1.54) is 0 Å². The van der Waals surface area contributed by atoms with Gasteiger partial charge >= 0.3 is 0 Å². The van der Waals surface area contributed by atoms with Crippen molar-refractivity contribution in [2.45, 2.75) is 6.54 Å². The Morgan fingerprint density at radius 1 is 0.825 bits per heavy atom. The molecule has 0 saturated heterocycles. The van der Waals surface area contributed by atoms with Crippen LogP contribution in [0.3, 0.4) is 0 Å². The minimum atomic E-state index is 0.0193. The molecule has 0 aliphatic rings. The van der Waals surface area contributed by atoms with E-state index in [1.807, 2.05) is 7.05 Å². The fourth-order valence-corrected chi connectivity index (χ4v) is 3.54. The van der Waals surface area contributed by atoms with Gasteiger partial charge in [-0.05, 0) is 11.6 Å². The lowest BCUT2D eigenvalue weighted by molar-refractivity contribution is -0.0184. The molecule has 0 aromatic carbocycles. The van der Waals surface area contributed by atoms with Crippen molar-refractivity contribution in [1.82, 2.24) is 29.3 Å². The molecule has 0 atom stereocenters. The summed E-state index contributed by atoms with van der Waals surface area (Å²) in [5.74, 6) is 0.863. The van der Waals surface area contributed by atoms with E-state index in [0.29, 0.717) is 114 Å². The van der Waals surface area contributed by atoms with Gasteiger partial charge < -0.3 is 48.1 Å². The SMILES string of the molecule is COc1nn(CCOCCOCCOCCOCCOCCOCCO)cc1Nc1nc(Cl)nc2c1ncn2C. The summed E-state index contributed by atoms with van der Waals surface area (Å²) in [7, 11) is 3.38. The third-order valence-corrected chi connectivity index (χ3v) is 5.44. The lowest BCUT2D eigenvalue weighted by Crippen LogP contribution is -2.14. The van der Waals surface area contributed by atoms with Crippen LogP contribution in [0.5, 0.6) is 5.88 Å². The van der Waals surface area contributed by atoms with Gasteiger partial charge in [0, 0.05) is 7.05 Å². The van der Waals surface area contributed by atoms with Crippen molar-refractivity contribution in [2.75, 3.05) is 98.3 Å². The molecule has 224 valence electrons. The van der Waals surface area contributed by atoms with Crippen LogP contribution in [0.2, 0.25) is 5.28 Å². The van der Waals surface area contributed by atoms with Gasteiger partial charge in [-0.2, -0.15) is 9.97 Å². The van der Waals surface area contributed by atoms with E-state index in [2.05, 4.69) is 25.4 Å². The largest absolute Gasteiger partial charge is 0.478 e. The van der Waals surface area contributed by atoms with Gasteiger partial charge in [0.05, 0.1) is 112 Å². The van der Waals surface area contributed by atoms with Crippen molar-refractivity contribution in [3.05, 3.63) is 17.8 Å². The van der Waals surface area contributed by atoms with Crippen molar-refractivity contribution in [3.63, 3.8) is 0 Å². The van der Waals surface area contributed by atoms with Crippen LogP contribution < -0.4 is 10.1 Å². The predicted octanol–water partition coefficient (Wildman–Crippen LogP) is 1.06. The van der Waals surface area contributed by atoms with Gasteiger partial charge in [0.15, 0.2) is 17.0 Å². The fourth-order valence-electron chi connectivity index (χ4n) is 3.37. The number of imidazole rings is 1. The summed E-state index contributed by atoms with van der Waals surface area (Å²) in [5.41, 5.74) is 1.82. The Balaban J connectivity index is 1.20. The monoisotopic (exact) mass is 587 g/mol. The van der Waals surface area contributed by atoms with Crippen molar-refractivity contribution in [1.29, 1.82) is 0 Å². The Hall–Kier alpha value is -2.63. The minimum Gasteiger partial charge on any atom is -0.478 e. The number of nitrogens with one attached hydrogen (secondary N) is 1. The van der Waals surface area contributed by atoms with Crippen LogP contribution in [-0.4, -0.2) is 127 Å². The van der Waals surface area contributed by atoms with Crippen LogP contribution in [0.1, 0.15) is 0 Å². The molecule has 0 spiro atoms. The number of hydrogen-bond donors (Lipinski definition) is 2. The highest BCUT2D eigenvalue weighted by Gasteiger charge is 2.16. The molecule has 0 unspecified atom stereocenters. The van der Waals surface area contributed by atoms with Gasteiger partial charge in [-0.1, -0.05) is 0 Å². The average molecular weight is 588 g/mol. The maximum absolute atomic E-state index is 8.59. The van der Waals surface area contributed by atoms with E-state index in [-0.39, 0.29) is 11.9 Å². The molecule has 0 bridgehead atoms. The summed E-state index contributed by atoms with van der Waals surface area (Å²) in [6.45, 7) is 6.09. The second-order valence-electron chi connectivity index (χ2n) is 8.21. The highest BCUT2D eigenvalue weighted by molar-refractivity contribution is 6.28. The molecule has 15 nitrogen and oxygen atoms in total. The van der Waals surface area contributed by atoms with E-state index in [1.54, 1.807) is 28.9 Å². The number of aryl methyl sites for hydroxylation is 1. The second kappa shape index (κ2) is 18.7. The number of aromatic nitrogens is 6. The van der Waals surface area contributed by atoms with Gasteiger partial charge in [-0.15, -0.1) is 5.10 Å². The van der Waals surface area contributed by atoms with Crippen LogP contribution in [0, 0.1) is 0 Å². The van der Waals surface area contributed by atoms with E-state index >= 15 is 0 Å². The molecule has 3 aromatic heterocycles. The molecule has 3 rings (SSSR count). The molecule has 0 saturated carbocycles. The first-order valence-corrected chi connectivity index (χ1v) is 13.3.